The van der Waals surface area contributed by atoms with Gasteiger partial charge in [0.05, 0.1) is 5.69 Å². The van der Waals surface area contributed by atoms with Crippen LogP contribution in [0.15, 0.2) is 36.5 Å². The molecule has 1 amide bonds. The van der Waals surface area contributed by atoms with E-state index in [0.717, 1.165) is 67.2 Å². The molecule has 0 saturated carbocycles. The molecule has 1 unspecified atom stereocenters. The SMILES string of the molecule is CN1CCc2[nH]nc(C(=O)NC3CCc4nc(-c5ccccc5)cn4C3)c2C1. The molecule has 0 saturated heterocycles. The summed E-state index contributed by atoms with van der Waals surface area (Å²) >= 11 is 0. The molecule has 28 heavy (non-hydrogen) atoms. The molecule has 0 fully saturated rings. The Bertz CT molecular complexity index is 1010. The van der Waals surface area contributed by atoms with Gasteiger partial charge in [-0.15, -0.1) is 0 Å². The van der Waals surface area contributed by atoms with Crippen LogP contribution in [0.2, 0.25) is 0 Å². The van der Waals surface area contributed by atoms with Crippen molar-refractivity contribution in [3.05, 3.63) is 59.3 Å². The van der Waals surface area contributed by atoms with E-state index >= 15 is 0 Å². The molecule has 7 nitrogen and oxygen atoms in total. The Hall–Kier alpha value is -2.93. The Morgan fingerprint density at radius 3 is 2.96 bits per heavy atom. The van der Waals surface area contributed by atoms with Gasteiger partial charge in [0.25, 0.3) is 5.91 Å². The topological polar surface area (TPSA) is 78.8 Å². The van der Waals surface area contributed by atoms with Gasteiger partial charge in [0.1, 0.15) is 5.82 Å². The fourth-order valence-corrected chi connectivity index (χ4v) is 4.18. The second-order valence-corrected chi connectivity index (χ2v) is 7.79. The molecule has 2 aromatic heterocycles. The summed E-state index contributed by atoms with van der Waals surface area (Å²) in [5, 5.41) is 10.5. The lowest BCUT2D eigenvalue weighted by Gasteiger charge is -2.25. The number of nitrogens with one attached hydrogen (secondary N) is 2. The summed E-state index contributed by atoms with van der Waals surface area (Å²) < 4.78 is 2.17. The number of carbonyl (C=O) groups excluding carboxylic acids is 1. The molecule has 144 valence electrons. The van der Waals surface area contributed by atoms with Crippen molar-refractivity contribution in [1.29, 1.82) is 0 Å². The van der Waals surface area contributed by atoms with Gasteiger partial charge in [-0.2, -0.15) is 5.10 Å². The number of carbonyl (C=O) groups is 1. The lowest BCUT2D eigenvalue weighted by atomic mass is 10.0. The van der Waals surface area contributed by atoms with Gasteiger partial charge < -0.3 is 14.8 Å². The molecule has 2 aliphatic heterocycles. The Morgan fingerprint density at radius 1 is 1.25 bits per heavy atom. The normalized spacial score (nSPS) is 19.1. The molecule has 3 aromatic rings. The van der Waals surface area contributed by atoms with E-state index in [1.807, 2.05) is 18.2 Å². The number of H-pyrrole nitrogens is 1. The molecular weight excluding hydrogens is 352 g/mol. The van der Waals surface area contributed by atoms with E-state index in [-0.39, 0.29) is 11.9 Å². The van der Waals surface area contributed by atoms with Crippen molar-refractivity contribution < 1.29 is 4.79 Å². The van der Waals surface area contributed by atoms with E-state index in [9.17, 15) is 4.79 Å². The van der Waals surface area contributed by atoms with Crippen molar-refractivity contribution in [3.8, 4) is 11.3 Å². The van der Waals surface area contributed by atoms with E-state index in [4.69, 9.17) is 4.98 Å². The van der Waals surface area contributed by atoms with Crippen molar-refractivity contribution in [1.82, 2.24) is 30.0 Å². The lowest BCUT2D eigenvalue weighted by molar-refractivity contribution is 0.0920. The summed E-state index contributed by atoms with van der Waals surface area (Å²) in [6, 6.07) is 10.3. The van der Waals surface area contributed by atoms with Crippen LogP contribution in [0.3, 0.4) is 0 Å². The van der Waals surface area contributed by atoms with Crippen LogP contribution in [0.5, 0.6) is 0 Å². The maximum absolute atomic E-state index is 12.9. The van der Waals surface area contributed by atoms with Crippen molar-refractivity contribution in [3.63, 3.8) is 0 Å². The smallest absolute Gasteiger partial charge is 0.272 e. The van der Waals surface area contributed by atoms with Crippen molar-refractivity contribution in [2.45, 2.75) is 38.4 Å². The van der Waals surface area contributed by atoms with E-state index in [1.165, 1.54) is 0 Å². The van der Waals surface area contributed by atoms with Gasteiger partial charge in [0, 0.05) is 61.5 Å². The first-order valence-corrected chi connectivity index (χ1v) is 9.84. The van der Waals surface area contributed by atoms with Crippen LogP contribution in [-0.4, -0.2) is 50.2 Å². The van der Waals surface area contributed by atoms with Crippen LogP contribution in [0.1, 0.15) is 34.0 Å². The van der Waals surface area contributed by atoms with Gasteiger partial charge in [-0.1, -0.05) is 30.3 Å². The molecule has 0 bridgehead atoms. The fraction of sp³-hybridized carbons (Fsp3) is 0.381. The average Bonchev–Trinajstić information content (AvgIpc) is 3.32. The molecule has 7 heteroatoms. The second-order valence-electron chi connectivity index (χ2n) is 7.79. The highest BCUT2D eigenvalue weighted by Gasteiger charge is 2.27. The minimum Gasteiger partial charge on any atom is -0.346 e. The van der Waals surface area contributed by atoms with Gasteiger partial charge in [-0.25, -0.2) is 4.98 Å². The number of hydrogen-bond donors (Lipinski definition) is 2. The van der Waals surface area contributed by atoms with Crippen LogP contribution in [0.4, 0.5) is 0 Å². The zero-order chi connectivity index (χ0) is 19.1. The van der Waals surface area contributed by atoms with E-state index < -0.39 is 0 Å². The minimum absolute atomic E-state index is 0.0790. The summed E-state index contributed by atoms with van der Waals surface area (Å²) in [4.78, 5) is 19.9. The molecule has 1 atom stereocenters. The largest absolute Gasteiger partial charge is 0.346 e. The first-order valence-electron chi connectivity index (χ1n) is 9.84. The number of hydrogen-bond acceptors (Lipinski definition) is 4. The first-order chi connectivity index (χ1) is 13.7. The van der Waals surface area contributed by atoms with Gasteiger partial charge in [0.2, 0.25) is 0 Å². The summed E-state index contributed by atoms with van der Waals surface area (Å²) in [5.41, 5.74) is 4.79. The molecule has 2 aliphatic rings. The van der Waals surface area contributed by atoms with E-state index in [1.54, 1.807) is 0 Å². The highest BCUT2D eigenvalue weighted by molar-refractivity contribution is 5.94. The predicted octanol–water partition coefficient (Wildman–Crippen LogP) is 2.01. The van der Waals surface area contributed by atoms with Crippen molar-refractivity contribution in [2.24, 2.45) is 0 Å². The number of aryl methyl sites for hydroxylation is 1. The summed E-state index contributed by atoms with van der Waals surface area (Å²) in [7, 11) is 2.07. The number of aromatic nitrogens is 4. The zero-order valence-electron chi connectivity index (χ0n) is 16.0. The molecule has 0 spiro atoms. The van der Waals surface area contributed by atoms with Crippen molar-refractivity contribution in [2.75, 3.05) is 13.6 Å². The van der Waals surface area contributed by atoms with Crippen LogP contribution < -0.4 is 5.32 Å². The Labute approximate surface area is 163 Å². The van der Waals surface area contributed by atoms with Gasteiger partial charge in [-0.3, -0.25) is 9.89 Å². The number of imidazole rings is 1. The molecule has 4 heterocycles. The summed E-state index contributed by atoms with van der Waals surface area (Å²) in [6.45, 7) is 2.50. The summed E-state index contributed by atoms with van der Waals surface area (Å²) in [6.07, 6.45) is 4.76. The quantitative estimate of drug-likeness (QED) is 0.733. The Morgan fingerprint density at radius 2 is 2.11 bits per heavy atom. The third-order valence-electron chi connectivity index (χ3n) is 5.74. The van der Waals surface area contributed by atoms with Crippen LogP contribution in [0, 0.1) is 0 Å². The Balaban J connectivity index is 1.30. The monoisotopic (exact) mass is 376 g/mol. The lowest BCUT2D eigenvalue weighted by Crippen LogP contribution is -2.41. The maximum atomic E-state index is 12.9. The molecule has 2 N–H and O–H groups in total. The third kappa shape index (κ3) is 3.11. The third-order valence-corrected chi connectivity index (χ3v) is 5.74. The minimum atomic E-state index is -0.0790. The van der Waals surface area contributed by atoms with Crippen LogP contribution >= 0.6 is 0 Å². The number of aromatic amines is 1. The summed E-state index contributed by atoms with van der Waals surface area (Å²) in [5.74, 6) is 1.01. The highest BCUT2D eigenvalue weighted by Crippen LogP contribution is 2.23. The number of benzene rings is 1. The molecule has 0 radical (unpaired) electrons. The molecule has 5 rings (SSSR count). The van der Waals surface area contributed by atoms with Crippen LogP contribution in [-0.2, 0) is 25.9 Å². The number of likely N-dealkylation sites (N-methyl/N-ethyl adjacent to an activating group) is 1. The van der Waals surface area contributed by atoms with Crippen LogP contribution in [0.25, 0.3) is 11.3 Å². The van der Waals surface area contributed by atoms with Crippen molar-refractivity contribution >= 4 is 5.91 Å². The van der Waals surface area contributed by atoms with E-state index in [2.05, 4.69) is 50.4 Å². The van der Waals surface area contributed by atoms with Gasteiger partial charge in [0.15, 0.2) is 5.69 Å². The highest BCUT2D eigenvalue weighted by atomic mass is 16.2. The zero-order valence-corrected chi connectivity index (χ0v) is 16.0. The first kappa shape index (κ1) is 17.2. The number of amides is 1. The number of nitrogens with zero attached hydrogens (tertiary/aromatic N) is 4. The molecular formula is C21H24N6O. The fourth-order valence-electron chi connectivity index (χ4n) is 4.18. The number of fused-ring (bicyclic) bond motifs is 2. The standard InChI is InChI=1S/C21H24N6O/c1-26-10-9-17-16(12-26)20(25-24-17)21(28)22-15-7-8-19-23-18(13-27(19)11-15)14-5-3-2-4-6-14/h2-6,13,15H,7-12H2,1H3,(H,22,28)(H,24,25). The Kier molecular flexibility index (Phi) is 4.24. The average molecular weight is 376 g/mol. The number of rotatable bonds is 3. The molecule has 1 aromatic carbocycles. The second kappa shape index (κ2) is 6.91. The van der Waals surface area contributed by atoms with Gasteiger partial charge >= 0.3 is 0 Å². The molecule has 0 aliphatic carbocycles. The predicted molar refractivity (Wildman–Crippen MR) is 106 cm³/mol. The van der Waals surface area contributed by atoms with Gasteiger partial charge in [-0.05, 0) is 13.5 Å². The van der Waals surface area contributed by atoms with E-state index in [0.29, 0.717) is 5.69 Å². The maximum Gasteiger partial charge on any atom is 0.272 e.